The zero-order valence-corrected chi connectivity index (χ0v) is 11.2. The Balaban J connectivity index is 2.27. The highest BCUT2D eigenvalue weighted by Crippen LogP contribution is 2.38. The lowest BCUT2D eigenvalue weighted by molar-refractivity contribution is 0.0602. The van der Waals surface area contributed by atoms with Crippen LogP contribution in [0.2, 0.25) is 0 Å². The minimum Gasteiger partial charge on any atom is -0.465 e. The van der Waals surface area contributed by atoms with Crippen molar-refractivity contribution in [2.24, 2.45) is 0 Å². The van der Waals surface area contributed by atoms with E-state index in [1.165, 1.54) is 7.11 Å². The quantitative estimate of drug-likeness (QED) is 0.645. The maximum atomic E-state index is 12.0. The standard InChI is InChI=1S/C18H14O2/c1-20-18(19)17-12-16(13-8-4-2-5-9-13)14-10-6-3-7-11-15(14)17/h2-12H,1H3. The van der Waals surface area contributed by atoms with E-state index < -0.39 is 0 Å². The Hall–Kier alpha value is -2.61. The lowest BCUT2D eigenvalue weighted by Gasteiger charge is -2.01. The third-order valence-corrected chi connectivity index (χ3v) is 3.40. The van der Waals surface area contributed by atoms with Crippen LogP contribution in [0.3, 0.4) is 0 Å². The first-order valence-electron chi connectivity index (χ1n) is 6.47. The molecule has 2 aliphatic carbocycles. The summed E-state index contributed by atoms with van der Waals surface area (Å²) in [6.07, 6.45) is 0. The summed E-state index contributed by atoms with van der Waals surface area (Å²) in [7, 11) is 1.41. The number of fused-ring (bicyclic) bond motifs is 1. The molecule has 0 radical (unpaired) electrons. The molecular weight excluding hydrogens is 248 g/mol. The fourth-order valence-corrected chi connectivity index (χ4v) is 2.45. The predicted molar refractivity (Wildman–Crippen MR) is 79.8 cm³/mol. The number of hydrogen-bond acceptors (Lipinski definition) is 2. The maximum absolute atomic E-state index is 12.0. The van der Waals surface area contributed by atoms with Crippen molar-refractivity contribution in [2.75, 3.05) is 7.11 Å². The summed E-state index contributed by atoms with van der Waals surface area (Å²) in [5, 5.41) is 0. The number of ether oxygens (including phenoxy) is 1. The number of benzene rings is 1. The molecule has 0 heterocycles. The molecule has 0 aliphatic heterocycles. The van der Waals surface area contributed by atoms with E-state index in [9.17, 15) is 4.79 Å². The van der Waals surface area contributed by atoms with E-state index in [2.05, 4.69) is 0 Å². The number of rotatable bonds is 2. The van der Waals surface area contributed by atoms with Crippen LogP contribution < -0.4 is 0 Å². The van der Waals surface area contributed by atoms with Gasteiger partial charge in [0.15, 0.2) is 0 Å². The molecule has 1 aromatic carbocycles. The van der Waals surface area contributed by atoms with Crippen LogP contribution in [0, 0.1) is 0 Å². The highest BCUT2D eigenvalue weighted by atomic mass is 16.5. The van der Waals surface area contributed by atoms with Crippen LogP contribution in [0.4, 0.5) is 0 Å². The minimum atomic E-state index is -0.302. The fraction of sp³-hybridized carbons (Fsp3) is 0.0556. The van der Waals surface area contributed by atoms with Crippen molar-refractivity contribution >= 4 is 5.97 Å². The van der Waals surface area contributed by atoms with Gasteiger partial charge in [-0.25, -0.2) is 4.79 Å². The van der Waals surface area contributed by atoms with E-state index >= 15 is 0 Å². The van der Waals surface area contributed by atoms with Gasteiger partial charge in [-0.1, -0.05) is 60.7 Å². The zero-order chi connectivity index (χ0) is 13.9. The Morgan fingerprint density at radius 2 is 1.40 bits per heavy atom. The van der Waals surface area contributed by atoms with E-state index in [1.807, 2.05) is 66.7 Å². The summed E-state index contributed by atoms with van der Waals surface area (Å²) < 4.78 is 4.89. The van der Waals surface area contributed by atoms with E-state index in [0.29, 0.717) is 5.56 Å². The number of carbonyl (C=O) groups is 1. The van der Waals surface area contributed by atoms with Crippen molar-refractivity contribution in [3.63, 3.8) is 0 Å². The van der Waals surface area contributed by atoms with Crippen LogP contribution >= 0.6 is 0 Å². The first-order chi connectivity index (χ1) is 9.81. The Labute approximate surface area is 118 Å². The van der Waals surface area contributed by atoms with Gasteiger partial charge >= 0.3 is 5.97 Å². The summed E-state index contributed by atoms with van der Waals surface area (Å²) in [5.41, 5.74) is 4.73. The van der Waals surface area contributed by atoms with E-state index in [1.54, 1.807) is 0 Å². The molecule has 0 spiro atoms. The van der Waals surface area contributed by atoms with Gasteiger partial charge in [0.1, 0.15) is 0 Å². The molecule has 2 aliphatic rings. The molecule has 0 saturated heterocycles. The summed E-state index contributed by atoms with van der Waals surface area (Å²) in [6.45, 7) is 0. The maximum Gasteiger partial charge on any atom is 0.338 e. The molecule has 0 unspecified atom stereocenters. The monoisotopic (exact) mass is 262 g/mol. The molecule has 20 heavy (non-hydrogen) atoms. The van der Waals surface area contributed by atoms with Crippen LogP contribution in [-0.4, -0.2) is 13.1 Å². The molecule has 2 heteroatoms. The van der Waals surface area contributed by atoms with E-state index in [0.717, 1.165) is 22.3 Å². The summed E-state index contributed by atoms with van der Waals surface area (Å²) in [4.78, 5) is 12.0. The Morgan fingerprint density at radius 3 is 2.05 bits per heavy atom. The van der Waals surface area contributed by atoms with Crippen molar-refractivity contribution < 1.29 is 9.53 Å². The number of carbonyl (C=O) groups excluding carboxylic acids is 1. The van der Waals surface area contributed by atoms with E-state index in [-0.39, 0.29) is 5.97 Å². The lowest BCUT2D eigenvalue weighted by atomic mass is 10.0. The predicted octanol–water partition coefficient (Wildman–Crippen LogP) is 4.25. The summed E-state index contributed by atoms with van der Waals surface area (Å²) in [5.74, 6) is -0.302. The zero-order valence-electron chi connectivity index (χ0n) is 11.2. The Bertz CT molecular complexity index is 717. The van der Waals surface area contributed by atoms with Gasteiger partial charge in [-0.3, -0.25) is 0 Å². The minimum absolute atomic E-state index is 0.302. The van der Waals surface area contributed by atoms with Gasteiger partial charge in [0, 0.05) is 0 Å². The summed E-state index contributed by atoms with van der Waals surface area (Å²) in [6, 6.07) is 21.8. The number of methoxy groups -OCH3 is 1. The molecule has 2 nitrogen and oxygen atoms in total. The molecule has 0 amide bonds. The van der Waals surface area contributed by atoms with Gasteiger partial charge in [0.05, 0.1) is 12.7 Å². The van der Waals surface area contributed by atoms with Crippen molar-refractivity contribution in [1.82, 2.24) is 0 Å². The molecule has 0 bridgehead atoms. The molecule has 3 rings (SSSR count). The molecule has 0 aromatic heterocycles. The SMILES string of the molecule is COC(=O)c1cc(-c2ccccc2)c2cccccc1-2. The van der Waals surface area contributed by atoms with Gasteiger partial charge in [-0.15, -0.1) is 0 Å². The smallest absolute Gasteiger partial charge is 0.338 e. The van der Waals surface area contributed by atoms with Crippen LogP contribution in [0.5, 0.6) is 0 Å². The van der Waals surface area contributed by atoms with Crippen LogP contribution in [-0.2, 0) is 4.74 Å². The molecule has 0 fully saturated rings. The molecule has 1 aromatic rings. The number of hydrogen-bond donors (Lipinski definition) is 0. The highest BCUT2D eigenvalue weighted by Gasteiger charge is 2.20. The lowest BCUT2D eigenvalue weighted by Crippen LogP contribution is -1.99. The molecule has 0 atom stereocenters. The van der Waals surface area contributed by atoms with Gasteiger partial charge in [-0.2, -0.15) is 0 Å². The molecule has 0 N–H and O–H groups in total. The second kappa shape index (κ2) is 5.17. The third kappa shape index (κ3) is 2.05. The fourth-order valence-electron chi connectivity index (χ4n) is 2.45. The molecule has 0 saturated carbocycles. The Morgan fingerprint density at radius 1 is 0.800 bits per heavy atom. The highest BCUT2D eigenvalue weighted by molar-refractivity contribution is 6.04. The topological polar surface area (TPSA) is 26.3 Å². The average molecular weight is 262 g/mol. The van der Waals surface area contributed by atoms with Crippen molar-refractivity contribution in [2.45, 2.75) is 0 Å². The van der Waals surface area contributed by atoms with Crippen molar-refractivity contribution in [3.8, 4) is 22.3 Å². The molecular formula is C18H14O2. The van der Waals surface area contributed by atoms with Crippen molar-refractivity contribution in [3.05, 3.63) is 72.3 Å². The largest absolute Gasteiger partial charge is 0.465 e. The van der Waals surface area contributed by atoms with Crippen LogP contribution in [0.15, 0.2) is 66.7 Å². The first-order valence-corrected chi connectivity index (χ1v) is 6.47. The second-order valence-corrected chi connectivity index (χ2v) is 4.57. The number of esters is 1. The van der Waals surface area contributed by atoms with Crippen LogP contribution in [0.25, 0.3) is 22.3 Å². The van der Waals surface area contributed by atoms with Gasteiger partial charge in [-0.05, 0) is 28.3 Å². The molecule has 98 valence electrons. The first kappa shape index (κ1) is 12.4. The Kier molecular flexibility index (Phi) is 3.21. The summed E-state index contributed by atoms with van der Waals surface area (Å²) >= 11 is 0. The van der Waals surface area contributed by atoms with Gasteiger partial charge < -0.3 is 4.74 Å². The van der Waals surface area contributed by atoms with E-state index in [4.69, 9.17) is 4.74 Å². The van der Waals surface area contributed by atoms with Gasteiger partial charge in [0.25, 0.3) is 0 Å². The van der Waals surface area contributed by atoms with Gasteiger partial charge in [0.2, 0.25) is 0 Å². The van der Waals surface area contributed by atoms with Crippen LogP contribution in [0.1, 0.15) is 10.4 Å². The second-order valence-electron chi connectivity index (χ2n) is 4.57. The third-order valence-electron chi connectivity index (χ3n) is 3.40. The van der Waals surface area contributed by atoms with Crippen molar-refractivity contribution in [1.29, 1.82) is 0 Å². The average Bonchev–Trinajstić information content (AvgIpc) is 2.69. The normalized spacial score (nSPS) is 10.4.